The van der Waals surface area contributed by atoms with Crippen molar-refractivity contribution in [2.75, 3.05) is 30.9 Å². The molecule has 1 unspecified atom stereocenters. The molecule has 5 heteroatoms. The first-order valence-corrected chi connectivity index (χ1v) is 5.53. The standard InChI is InChI=1S/C12H16N2O3/c1-8-2-3-9(6-10(8)13)14-12(15)11-7-16-4-5-17-11/h2-3,6,11H,4-5,7,13H2,1H3,(H,14,15). The van der Waals surface area contributed by atoms with E-state index >= 15 is 0 Å². The van der Waals surface area contributed by atoms with Crippen molar-refractivity contribution in [3.63, 3.8) is 0 Å². The van der Waals surface area contributed by atoms with Crippen molar-refractivity contribution in [1.82, 2.24) is 0 Å². The average Bonchev–Trinajstić information content (AvgIpc) is 2.35. The van der Waals surface area contributed by atoms with Crippen LogP contribution in [0, 0.1) is 6.92 Å². The number of rotatable bonds is 2. The summed E-state index contributed by atoms with van der Waals surface area (Å²) in [6.07, 6.45) is -0.536. The Morgan fingerprint density at radius 1 is 1.47 bits per heavy atom. The summed E-state index contributed by atoms with van der Waals surface area (Å²) in [6, 6.07) is 5.41. The highest BCUT2D eigenvalue weighted by Crippen LogP contribution is 2.17. The quantitative estimate of drug-likeness (QED) is 0.749. The molecule has 0 spiro atoms. The number of anilines is 2. The maximum atomic E-state index is 11.8. The molecule has 0 aliphatic carbocycles. The summed E-state index contributed by atoms with van der Waals surface area (Å²) in [5.74, 6) is -0.201. The van der Waals surface area contributed by atoms with Gasteiger partial charge in [-0.1, -0.05) is 6.07 Å². The molecule has 0 aromatic heterocycles. The number of nitrogen functional groups attached to an aromatic ring is 1. The first-order valence-electron chi connectivity index (χ1n) is 5.53. The molecule has 1 aromatic carbocycles. The van der Waals surface area contributed by atoms with Crippen molar-refractivity contribution < 1.29 is 14.3 Å². The molecule has 1 atom stereocenters. The Kier molecular flexibility index (Phi) is 3.61. The van der Waals surface area contributed by atoms with Crippen LogP contribution < -0.4 is 11.1 Å². The number of nitrogens with two attached hydrogens (primary N) is 1. The van der Waals surface area contributed by atoms with E-state index in [4.69, 9.17) is 15.2 Å². The molecule has 17 heavy (non-hydrogen) atoms. The van der Waals surface area contributed by atoms with Gasteiger partial charge in [0.05, 0.1) is 19.8 Å². The maximum Gasteiger partial charge on any atom is 0.255 e. The highest BCUT2D eigenvalue weighted by atomic mass is 16.6. The molecule has 1 fully saturated rings. The SMILES string of the molecule is Cc1ccc(NC(=O)C2COCCO2)cc1N. The van der Waals surface area contributed by atoms with E-state index in [9.17, 15) is 4.79 Å². The Balaban J connectivity index is 1.99. The number of hydrogen-bond acceptors (Lipinski definition) is 4. The molecule has 1 heterocycles. The molecular weight excluding hydrogens is 220 g/mol. The molecule has 0 radical (unpaired) electrons. The van der Waals surface area contributed by atoms with Crippen molar-refractivity contribution in [2.24, 2.45) is 0 Å². The molecule has 92 valence electrons. The Morgan fingerprint density at radius 3 is 2.94 bits per heavy atom. The normalized spacial score (nSPS) is 19.9. The van der Waals surface area contributed by atoms with Crippen LogP contribution in [0.25, 0.3) is 0 Å². The third-order valence-electron chi connectivity index (χ3n) is 2.66. The van der Waals surface area contributed by atoms with Crippen LogP contribution >= 0.6 is 0 Å². The van der Waals surface area contributed by atoms with Crippen molar-refractivity contribution in [3.05, 3.63) is 23.8 Å². The average molecular weight is 236 g/mol. The molecular formula is C12H16N2O3. The molecule has 1 amide bonds. The van der Waals surface area contributed by atoms with E-state index in [0.29, 0.717) is 31.2 Å². The van der Waals surface area contributed by atoms with Gasteiger partial charge in [0.2, 0.25) is 0 Å². The van der Waals surface area contributed by atoms with Crippen LogP contribution in [0.5, 0.6) is 0 Å². The molecule has 1 aliphatic heterocycles. The number of benzene rings is 1. The molecule has 5 nitrogen and oxygen atoms in total. The second kappa shape index (κ2) is 5.16. The van der Waals surface area contributed by atoms with E-state index in [2.05, 4.69) is 5.32 Å². The van der Waals surface area contributed by atoms with Gasteiger partial charge in [-0.05, 0) is 24.6 Å². The summed E-state index contributed by atoms with van der Waals surface area (Å²) >= 11 is 0. The lowest BCUT2D eigenvalue weighted by Gasteiger charge is -2.22. The van der Waals surface area contributed by atoms with Gasteiger partial charge in [-0.15, -0.1) is 0 Å². The third-order valence-corrected chi connectivity index (χ3v) is 2.66. The molecule has 3 N–H and O–H groups in total. The molecule has 2 rings (SSSR count). The largest absolute Gasteiger partial charge is 0.398 e. The van der Waals surface area contributed by atoms with E-state index in [1.807, 2.05) is 19.1 Å². The van der Waals surface area contributed by atoms with Crippen LogP contribution in [0.1, 0.15) is 5.56 Å². The van der Waals surface area contributed by atoms with E-state index in [1.165, 1.54) is 0 Å². The summed E-state index contributed by atoms with van der Waals surface area (Å²) in [5, 5.41) is 2.76. The zero-order chi connectivity index (χ0) is 12.3. The summed E-state index contributed by atoms with van der Waals surface area (Å²) in [7, 11) is 0. The number of hydrogen-bond donors (Lipinski definition) is 2. The predicted molar refractivity (Wildman–Crippen MR) is 64.8 cm³/mol. The first kappa shape index (κ1) is 11.9. The van der Waals surface area contributed by atoms with Crippen LogP contribution in [-0.2, 0) is 14.3 Å². The van der Waals surface area contributed by atoms with Gasteiger partial charge < -0.3 is 20.5 Å². The first-order chi connectivity index (χ1) is 8.16. The van der Waals surface area contributed by atoms with Crippen molar-refractivity contribution in [1.29, 1.82) is 0 Å². The monoisotopic (exact) mass is 236 g/mol. The van der Waals surface area contributed by atoms with Crippen molar-refractivity contribution >= 4 is 17.3 Å². The van der Waals surface area contributed by atoms with Gasteiger partial charge in [0, 0.05) is 11.4 Å². The molecule has 0 bridgehead atoms. The fourth-order valence-electron chi connectivity index (χ4n) is 1.58. The Labute approximate surface area is 99.9 Å². The van der Waals surface area contributed by atoms with E-state index in [1.54, 1.807) is 6.07 Å². The van der Waals surface area contributed by atoms with Crippen LogP contribution in [-0.4, -0.2) is 31.8 Å². The topological polar surface area (TPSA) is 73.6 Å². The van der Waals surface area contributed by atoms with E-state index in [0.717, 1.165) is 5.56 Å². The van der Waals surface area contributed by atoms with Gasteiger partial charge in [-0.2, -0.15) is 0 Å². The van der Waals surface area contributed by atoms with Gasteiger partial charge in [0.1, 0.15) is 0 Å². The van der Waals surface area contributed by atoms with Gasteiger partial charge in [0.25, 0.3) is 5.91 Å². The van der Waals surface area contributed by atoms with Crippen LogP contribution in [0.3, 0.4) is 0 Å². The smallest absolute Gasteiger partial charge is 0.255 e. The van der Waals surface area contributed by atoms with Gasteiger partial charge in [0.15, 0.2) is 6.10 Å². The lowest BCUT2D eigenvalue weighted by atomic mass is 10.2. The minimum absolute atomic E-state index is 0.201. The van der Waals surface area contributed by atoms with E-state index < -0.39 is 6.10 Å². The van der Waals surface area contributed by atoms with Crippen LogP contribution in [0.2, 0.25) is 0 Å². The number of carbonyl (C=O) groups excluding carboxylic acids is 1. The highest BCUT2D eigenvalue weighted by molar-refractivity contribution is 5.94. The molecule has 1 saturated heterocycles. The minimum atomic E-state index is -0.536. The summed E-state index contributed by atoms with van der Waals surface area (Å²) in [6.45, 7) is 3.21. The Hall–Kier alpha value is -1.59. The second-order valence-electron chi connectivity index (χ2n) is 3.99. The Morgan fingerprint density at radius 2 is 2.29 bits per heavy atom. The van der Waals surface area contributed by atoms with Gasteiger partial charge >= 0.3 is 0 Å². The summed E-state index contributed by atoms with van der Waals surface area (Å²) in [4.78, 5) is 11.8. The van der Waals surface area contributed by atoms with Crippen LogP contribution in [0.4, 0.5) is 11.4 Å². The number of nitrogens with one attached hydrogen (secondary N) is 1. The van der Waals surface area contributed by atoms with Gasteiger partial charge in [-0.3, -0.25) is 4.79 Å². The molecule has 1 aliphatic rings. The highest BCUT2D eigenvalue weighted by Gasteiger charge is 2.22. The van der Waals surface area contributed by atoms with Gasteiger partial charge in [-0.25, -0.2) is 0 Å². The lowest BCUT2D eigenvalue weighted by Crippen LogP contribution is -2.39. The number of ether oxygens (including phenoxy) is 2. The summed E-state index contributed by atoms with van der Waals surface area (Å²) < 4.78 is 10.5. The number of carbonyl (C=O) groups is 1. The summed E-state index contributed by atoms with van der Waals surface area (Å²) in [5.41, 5.74) is 8.08. The number of aryl methyl sites for hydroxylation is 1. The maximum absolute atomic E-state index is 11.8. The second-order valence-corrected chi connectivity index (χ2v) is 3.99. The zero-order valence-electron chi connectivity index (χ0n) is 9.73. The molecule has 1 aromatic rings. The number of amides is 1. The zero-order valence-corrected chi connectivity index (χ0v) is 9.73. The third kappa shape index (κ3) is 2.95. The fraction of sp³-hybridized carbons (Fsp3) is 0.417. The predicted octanol–water partition coefficient (Wildman–Crippen LogP) is 0.931. The Bertz CT molecular complexity index is 414. The lowest BCUT2D eigenvalue weighted by molar-refractivity contribution is -0.142. The minimum Gasteiger partial charge on any atom is -0.398 e. The molecule has 0 saturated carbocycles. The van der Waals surface area contributed by atoms with Crippen molar-refractivity contribution in [3.8, 4) is 0 Å². The van der Waals surface area contributed by atoms with E-state index in [-0.39, 0.29) is 5.91 Å². The van der Waals surface area contributed by atoms with Crippen LogP contribution in [0.15, 0.2) is 18.2 Å². The fourth-order valence-corrected chi connectivity index (χ4v) is 1.58. The van der Waals surface area contributed by atoms with Crippen molar-refractivity contribution in [2.45, 2.75) is 13.0 Å².